The number of hydrogen-bond acceptors (Lipinski definition) is 3. The Labute approximate surface area is 97.6 Å². The highest BCUT2D eigenvalue weighted by atomic mass is 16.4. The molecule has 1 aromatic heterocycles. The lowest BCUT2D eigenvalue weighted by molar-refractivity contribution is -0.139. The number of aliphatic carboxylic acids is 1. The van der Waals surface area contributed by atoms with Gasteiger partial charge in [0.05, 0.1) is 11.9 Å². The maximum absolute atomic E-state index is 11.0. The summed E-state index contributed by atoms with van der Waals surface area (Å²) in [4.78, 5) is 14.3. The van der Waals surface area contributed by atoms with Crippen LogP contribution in [0.5, 0.6) is 0 Å². The first-order valence-corrected chi connectivity index (χ1v) is 5.50. The van der Waals surface area contributed by atoms with E-state index in [1.165, 1.54) is 0 Å². The summed E-state index contributed by atoms with van der Waals surface area (Å²) in [6.07, 6.45) is 0.00907. The zero-order chi connectivity index (χ0) is 12.0. The lowest BCUT2D eigenvalue weighted by Gasteiger charge is -2.26. The van der Waals surface area contributed by atoms with Gasteiger partial charge in [0.2, 0.25) is 0 Å². The van der Waals surface area contributed by atoms with Gasteiger partial charge in [-0.05, 0) is 11.6 Å². The van der Waals surface area contributed by atoms with Gasteiger partial charge < -0.3 is 15.8 Å². The number of H-pyrrole nitrogens is 1. The van der Waals surface area contributed by atoms with Crippen molar-refractivity contribution in [1.82, 2.24) is 10.3 Å². The van der Waals surface area contributed by atoms with E-state index in [1.54, 1.807) is 0 Å². The van der Waals surface area contributed by atoms with Crippen LogP contribution in [0, 0.1) is 0 Å². The van der Waals surface area contributed by atoms with Crippen molar-refractivity contribution >= 4 is 16.9 Å². The first kappa shape index (κ1) is 10.3. The summed E-state index contributed by atoms with van der Waals surface area (Å²) < 4.78 is 0. The number of carboxylic acids is 1. The molecule has 88 valence electrons. The third-order valence-electron chi connectivity index (χ3n) is 3.24. The molecule has 0 aliphatic carbocycles. The van der Waals surface area contributed by atoms with Crippen molar-refractivity contribution in [2.45, 2.75) is 18.6 Å². The Morgan fingerprint density at radius 3 is 2.94 bits per heavy atom. The van der Waals surface area contributed by atoms with Gasteiger partial charge in [0.25, 0.3) is 0 Å². The number of nitrogens with one attached hydrogen (secondary N) is 2. The van der Waals surface area contributed by atoms with Crippen LogP contribution in [0.3, 0.4) is 0 Å². The fourth-order valence-electron chi connectivity index (χ4n) is 2.43. The second-order valence-corrected chi connectivity index (χ2v) is 4.30. The highest BCUT2D eigenvalue weighted by Crippen LogP contribution is 2.29. The molecule has 0 radical (unpaired) electrons. The average Bonchev–Trinajstić information content (AvgIpc) is 2.68. The summed E-state index contributed by atoms with van der Waals surface area (Å²) in [5.74, 6) is -0.864. The van der Waals surface area contributed by atoms with Crippen molar-refractivity contribution in [2.24, 2.45) is 5.73 Å². The Hall–Kier alpha value is -1.85. The number of benzene rings is 1. The molecule has 0 spiro atoms. The molecule has 0 saturated heterocycles. The maximum Gasteiger partial charge on any atom is 0.321 e. The molecular weight excluding hydrogens is 218 g/mol. The first-order chi connectivity index (χ1) is 8.16. The lowest BCUT2D eigenvalue weighted by atomic mass is 9.97. The zero-order valence-corrected chi connectivity index (χ0v) is 9.10. The highest BCUT2D eigenvalue weighted by Gasteiger charge is 2.30. The normalized spacial score (nSPS) is 23.6. The van der Waals surface area contributed by atoms with Crippen LogP contribution in [0.15, 0.2) is 24.3 Å². The molecule has 0 saturated carbocycles. The number of rotatable bonds is 1. The quantitative estimate of drug-likeness (QED) is 0.582. The molecular formula is C12H13N3O2. The Balaban J connectivity index is 2.16. The standard InChI is InChI=1S/C12H13N3O2/c13-11-10-7(5-9(15-11)12(16)17)6-3-1-2-4-8(6)14-10/h1-4,9,11,14-15H,5,13H2,(H,16,17). The number of carboxylic acid groups (broad SMARTS) is 1. The van der Waals surface area contributed by atoms with E-state index in [9.17, 15) is 4.79 Å². The number of fused-ring (bicyclic) bond motifs is 3. The van der Waals surface area contributed by atoms with E-state index in [4.69, 9.17) is 10.8 Å². The molecule has 2 aromatic rings. The Bertz CT molecular complexity index is 590. The van der Waals surface area contributed by atoms with Gasteiger partial charge in [-0.15, -0.1) is 0 Å². The van der Waals surface area contributed by atoms with Gasteiger partial charge in [0.15, 0.2) is 0 Å². The second-order valence-electron chi connectivity index (χ2n) is 4.30. The fourth-order valence-corrected chi connectivity index (χ4v) is 2.43. The van der Waals surface area contributed by atoms with Crippen molar-refractivity contribution in [3.05, 3.63) is 35.5 Å². The summed E-state index contributed by atoms with van der Waals surface area (Å²) in [5.41, 5.74) is 8.84. The topological polar surface area (TPSA) is 91.1 Å². The van der Waals surface area contributed by atoms with E-state index in [2.05, 4.69) is 10.3 Å². The number of aromatic nitrogens is 1. The number of carbonyl (C=O) groups is 1. The van der Waals surface area contributed by atoms with Gasteiger partial charge >= 0.3 is 5.97 Å². The zero-order valence-electron chi connectivity index (χ0n) is 9.10. The second kappa shape index (κ2) is 3.58. The molecule has 1 aliphatic heterocycles. The Morgan fingerprint density at radius 1 is 1.41 bits per heavy atom. The molecule has 17 heavy (non-hydrogen) atoms. The lowest BCUT2D eigenvalue weighted by Crippen LogP contribution is -2.47. The third-order valence-corrected chi connectivity index (χ3v) is 3.24. The molecule has 5 heteroatoms. The largest absolute Gasteiger partial charge is 0.480 e. The molecule has 0 fully saturated rings. The van der Waals surface area contributed by atoms with Gasteiger partial charge in [0, 0.05) is 17.3 Å². The summed E-state index contributed by atoms with van der Waals surface area (Å²) in [5, 5.41) is 13.0. The Morgan fingerprint density at radius 2 is 2.18 bits per heavy atom. The van der Waals surface area contributed by atoms with Crippen LogP contribution in [0.25, 0.3) is 10.9 Å². The van der Waals surface area contributed by atoms with Crippen LogP contribution in [0.2, 0.25) is 0 Å². The molecule has 2 atom stereocenters. The molecule has 2 heterocycles. The van der Waals surface area contributed by atoms with Crippen LogP contribution < -0.4 is 11.1 Å². The minimum atomic E-state index is -0.864. The monoisotopic (exact) mass is 231 g/mol. The third kappa shape index (κ3) is 1.51. The molecule has 1 aliphatic rings. The molecule has 0 bridgehead atoms. The van der Waals surface area contributed by atoms with Gasteiger partial charge in [-0.2, -0.15) is 0 Å². The van der Waals surface area contributed by atoms with Crippen LogP contribution in [-0.4, -0.2) is 22.1 Å². The van der Waals surface area contributed by atoms with Crippen LogP contribution in [-0.2, 0) is 11.2 Å². The van der Waals surface area contributed by atoms with Crippen LogP contribution >= 0.6 is 0 Å². The molecule has 0 amide bonds. The minimum absolute atomic E-state index is 0.452. The van der Waals surface area contributed by atoms with E-state index in [-0.39, 0.29) is 0 Å². The fraction of sp³-hybridized carbons (Fsp3) is 0.250. The predicted molar refractivity (Wildman–Crippen MR) is 63.5 cm³/mol. The number of hydrogen-bond donors (Lipinski definition) is 4. The van der Waals surface area contributed by atoms with Gasteiger partial charge in [-0.25, -0.2) is 0 Å². The molecule has 3 rings (SSSR count). The Kier molecular flexibility index (Phi) is 2.17. The first-order valence-electron chi connectivity index (χ1n) is 5.50. The molecule has 2 unspecified atom stereocenters. The predicted octanol–water partition coefficient (Wildman–Crippen LogP) is 0.724. The van der Waals surface area contributed by atoms with Gasteiger partial charge in [-0.3, -0.25) is 10.1 Å². The number of aromatic amines is 1. The van der Waals surface area contributed by atoms with E-state index in [0.717, 1.165) is 22.2 Å². The van der Waals surface area contributed by atoms with E-state index < -0.39 is 18.2 Å². The van der Waals surface area contributed by atoms with Crippen LogP contribution in [0.4, 0.5) is 0 Å². The van der Waals surface area contributed by atoms with Gasteiger partial charge in [-0.1, -0.05) is 18.2 Å². The average molecular weight is 231 g/mol. The van der Waals surface area contributed by atoms with E-state index in [0.29, 0.717) is 6.42 Å². The van der Waals surface area contributed by atoms with Crippen molar-refractivity contribution < 1.29 is 9.90 Å². The highest BCUT2D eigenvalue weighted by molar-refractivity contribution is 5.86. The summed E-state index contributed by atoms with van der Waals surface area (Å²) in [7, 11) is 0. The summed E-state index contributed by atoms with van der Waals surface area (Å²) >= 11 is 0. The van der Waals surface area contributed by atoms with Gasteiger partial charge in [0.1, 0.15) is 6.04 Å². The molecule has 1 aromatic carbocycles. The minimum Gasteiger partial charge on any atom is -0.480 e. The molecule has 5 nitrogen and oxygen atoms in total. The van der Waals surface area contributed by atoms with Crippen molar-refractivity contribution in [3.63, 3.8) is 0 Å². The van der Waals surface area contributed by atoms with Crippen LogP contribution in [0.1, 0.15) is 17.4 Å². The summed E-state index contributed by atoms with van der Waals surface area (Å²) in [6.45, 7) is 0. The van der Waals surface area contributed by atoms with Crippen molar-refractivity contribution in [2.75, 3.05) is 0 Å². The number of para-hydroxylation sites is 1. The van der Waals surface area contributed by atoms with E-state index in [1.807, 2.05) is 24.3 Å². The van der Waals surface area contributed by atoms with Crippen molar-refractivity contribution in [1.29, 1.82) is 0 Å². The maximum atomic E-state index is 11.0. The van der Waals surface area contributed by atoms with E-state index >= 15 is 0 Å². The summed E-state index contributed by atoms with van der Waals surface area (Å²) in [6, 6.07) is 7.23. The smallest absolute Gasteiger partial charge is 0.321 e. The SMILES string of the molecule is NC1NC(C(=O)O)Cc2c1[nH]c1ccccc21. The van der Waals surface area contributed by atoms with Crippen molar-refractivity contribution in [3.8, 4) is 0 Å². The number of nitrogens with two attached hydrogens (primary N) is 1. The molecule has 5 N–H and O–H groups in total.